The molecule has 0 amide bonds. The molecule has 0 aliphatic carbocycles. The van der Waals surface area contributed by atoms with Gasteiger partial charge < -0.3 is 10.6 Å². The van der Waals surface area contributed by atoms with Crippen LogP contribution in [0.25, 0.3) is 11.3 Å². The monoisotopic (exact) mass is 390 g/mol. The largest absolute Gasteiger partial charge is 0.357 e. The van der Waals surface area contributed by atoms with E-state index in [1.807, 2.05) is 31.3 Å². The standard InChI is InChI=1S/C23H30N6/c1-4-24-23(26-13-8-14-29-19(3)15-18(2)28-29)27-17-20-9-7-10-21(16-20)22-11-5-6-12-25-22/h5-7,9-12,15-16H,4,8,13-14,17H2,1-3H3,(H2,24,26,27). The molecule has 6 heteroatoms. The molecule has 0 aliphatic rings. The number of nitrogens with one attached hydrogen (secondary N) is 2. The van der Waals surface area contributed by atoms with Gasteiger partial charge in [-0.25, -0.2) is 4.99 Å². The second-order valence-corrected chi connectivity index (χ2v) is 7.04. The molecule has 0 spiro atoms. The van der Waals surface area contributed by atoms with Crippen LogP contribution in [0.4, 0.5) is 0 Å². The van der Waals surface area contributed by atoms with Crippen molar-refractivity contribution in [2.75, 3.05) is 13.1 Å². The smallest absolute Gasteiger partial charge is 0.191 e. The number of guanidine groups is 1. The Balaban J connectivity index is 1.55. The van der Waals surface area contributed by atoms with Crippen LogP contribution < -0.4 is 10.6 Å². The SMILES string of the molecule is CCNC(=NCc1cccc(-c2ccccn2)c1)NCCCn1nc(C)cc1C. The van der Waals surface area contributed by atoms with Crippen molar-refractivity contribution in [2.45, 2.75) is 40.3 Å². The number of hydrogen-bond acceptors (Lipinski definition) is 3. The molecule has 3 rings (SSSR count). The minimum Gasteiger partial charge on any atom is -0.357 e. The van der Waals surface area contributed by atoms with Gasteiger partial charge in [-0.05, 0) is 57.0 Å². The maximum atomic E-state index is 4.74. The van der Waals surface area contributed by atoms with E-state index in [1.54, 1.807) is 0 Å². The van der Waals surface area contributed by atoms with E-state index >= 15 is 0 Å². The van der Waals surface area contributed by atoms with E-state index in [1.165, 1.54) is 5.69 Å². The highest BCUT2D eigenvalue weighted by atomic mass is 15.3. The van der Waals surface area contributed by atoms with Crippen LogP contribution in [-0.2, 0) is 13.1 Å². The van der Waals surface area contributed by atoms with Gasteiger partial charge in [0.1, 0.15) is 0 Å². The normalized spacial score (nSPS) is 11.5. The van der Waals surface area contributed by atoms with E-state index in [2.05, 4.69) is 69.6 Å². The average molecular weight is 391 g/mol. The van der Waals surface area contributed by atoms with Gasteiger partial charge >= 0.3 is 0 Å². The summed E-state index contributed by atoms with van der Waals surface area (Å²) in [6.45, 7) is 9.40. The summed E-state index contributed by atoms with van der Waals surface area (Å²) in [7, 11) is 0. The first-order chi connectivity index (χ1) is 14.2. The zero-order valence-electron chi connectivity index (χ0n) is 17.5. The third kappa shape index (κ3) is 6.17. The zero-order chi connectivity index (χ0) is 20.5. The van der Waals surface area contributed by atoms with Gasteiger partial charge in [-0.2, -0.15) is 5.10 Å². The minimum absolute atomic E-state index is 0.619. The van der Waals surface area contributed by atoms with Crippen molar-refractivity contribution in [3.63, 3.8) is 0 Å². The Morgan fingerprint density at radius 1 is 1.07 bits per heavy atom. The van der Waals surface area contributed by atoms with Crippen LogP contribution >= 0.6 is 0 Å². The summed E-state index contributed by atoms with van der Waals surface area (Å²) in [6.07, 6.45) is 2.81. The Morgan fingerprint density at radius 3 is 2.69 bits per heavy atom. The van der Waals surface area contributed by atoms with Gasteiger partial charge in [0.25, 0.3) is 0 Å². The second-order valence-electron chi connectivity index (χ2n) is 7.04. The van der Waals surface area contributed by atoms with Crippen molar-refractivity contribution in [1.82, 2.24) is 25.4 Å². The van der Waals surface area contributed by atoms with E-state index in [0.29, 0.717) is 6.54 Å². The topological polar surface area (TPSA) is 67.1 Å². The quantitative estimate of drug-likeness (QED) is 0.350. The molecule has 2 aromatic heterocycles. The maximum Gasteiger partial charge on any atom is 0.191 e. The van der Waals surface area contributed by atoms with E-state index in [9.17, 15) is 0 Å². The lowest BCUT2D eigenvalue weighted by atomic mass is 10.1. The van der Waals surface area contributed by atoms with Crippen LogP contribution in [0.1, 0.15) is 30.3 Å². The van der Waals surface area contributed by atoms with Crippen molar-refractivity contribution < 1.29 is 0 Å². The van der Waals surface area contributed by atoms with Gasteiger partial charge in [0, 0.05) is 37.1 Å². The summed E-state index contributed by atoms with van der Waals surface area (Å²) in [5, 5.41) is 11.2. The van der Waals surface area contributed by atoms with Crippen LogP contribution in [0.2, 0.25) is 0 Å². The highest BCUT2D eigenvalue weighted by molar-refractivity contribution is 5.79. The predicted molar refractivity (Wildman–Crippen MR) is 119 cm³/mol. The lowest BCUT2D eigenvalue weighted by molar-refractivity contribution is 0.555. The van der Waals surface area contributed by atoms with Gasteiger partial charge in [-0.1, -0.05) is 24.3 Å². The van der Waals surface area contributed by atoms with Crippen molar-refractivity contribution in [1.29, 1.82) is 0 Å². The fraction of sp³-hybridized carbons (Fsp3) is 0.348. The molecule has 2 N–H and O–H groups in total. The Morgan fingerprint density at radius 2 is 1.97 bits per heavy atom. The van der Waals surface area contributed by atoms with Crippen molar-refractivity contribution in [2.24, 2.45) is 4.99 Å². The number of aromatic nitrogens is 3. The third-order valence-corrected chi connectivity index (χ3v) is 4.59. The molecule has 0 bridgehead atoms. The molecule has 0 radical (unpaired) electrons. The summed E-state index contributed by atoms with van der Waals surface area (Å²) in [4.78, 5) is 9.17. The molecule has 152 valence electrons. The number of hydrogen-bond donors (Lipinski definition) is 2. The number of nitrogens with zero attached hydrogens (tertiary/aromatic N) is 4. The third-order valence-electron chi connectivity index (χ3n) is 4.59. The Hall–Kier alpha value is -3.15. The molecule has 3 aromatic rings. The van der Waals surface area contributed by atoms with E-state index in [-0.39, 0.29) is 0 Å². The molecule has 29 heavy (non-hydrogen) atoms. The van der Waals surface area contributed by atoms with E-state index in [4.69, 9.17) is 4.99 Å². The molecule has 0 atom stereocenters. The average Bonchev–Trinajstić information content (AvgIpc) is 3.07. The number of benzene rings is 1. The first-order valence-corrected chi connectivity index (χ1v) is 10.2. The van der Waals surface area contributed by atoms with Crippen LogP contribution in [-0.4, -0.2) is 33.8 Å². The molecule has 0 aliphatic heterocycles. The molecule has 0 fully saturated rings. The molecular formula is C23H30N6. The van der Waals surface area contributed by atoms with E-state index < -0.39 is 0 Å². The molecular weight excluding hydrogens is 360 g/mol. The molecule has 2 heterocycles. The van der Waals surface area contributed by atoms with Crippen molar-refractivity contribution >= 4 is 5.96 Å². The van der Waals surface area contributed by atoms with Gasteiger partial charge in [-0.3, -0.25) is 9.67 Å². The summed E-state index contributed by atoms with van der Waals surface area (Å²) in [5.41, 5.74) is 5.52. The first-order valence-electron chi connectivity index (χ1n) is 10.2. The van der Waals surface area contributed by atoms with Gasteiger partial charge in [0.05, 0.1) is 17.9 Å². The summed E-state index contributed by atoms with van der Waals surface area (Å²) < 4.78 is 2.06. The number of rotatable bonds is 8. The summed E-state index contributed by atoms with van der Waals surface area (Å²) in [6, 6.07) is 16.5. The molecule has 6 nitrogen and oxygen atoms in total. The predicted octanol–water partition coefficient (Wildman–Crippen LogP) is 3.71. The second kappa shape index (κ2) is 10.4. The van der Waals surface area contributed by atoms with Crippen molar-refractivity contribution in [3.8, 4) is 11.3 Å². The number of pyridine rings is 1. The Bertz CT molecular complexity index is 930. The summed E-state index contributed by atoms with van der Waals surface area (Å²) in [5.74, 6) is 0.837. The lowest BCUT2D eigenvalue weighted by Gasteiger charge is -2.12. The van der Waals surface area contributed by atoms with Gasteiger partial charge in [0.2, 0.25) is 0 Å². The molecule has 0 saturated heterocycles. The Labute approximate surface area is 173 Å². The van der Waals surface area contributed by atoms with Crippen LogP contribution in [0.15, 0.2) is 59.7 Å². The minimum atomic E-state index is 0.619. The van der Waals surface area contributed by atoms with E-state index in [0.717, 1.165) is 54.5 Å². The van der Waals surface area contributed by atoms with Crippen LogP contribution in [0, 0.1) is 13.8 Å². The fourth-order valence-electron chi connectivity index (χ4n) is 3.21. The van der Waals surface area contributed by atoms with Crippen LogP contribution in [0.5, 0.6) is 0 Å². The Kier molecular flexibility index (Phi) is 7.39. The fourth-order valence-corrected chi connectivity index (χ4v) is 3.21. The van der Waals surface area contributed by atoms with Crippen molar-refractivity contribution in [3.05, 3.63) is 71.7 Å². The molecule has 0 unspecified atom stereocenters. The highest BCUT2D eigenvalue weighted by Gasteiger charge is 2.03. The van der Waals surface area contributed by atoms with Gasteiger partial charge in [-0.15, -0.1) is 0 Å². The van der Waals surface area contributed by atoms with Gasteiger partial charge in [0.15, 0.2) is 5.96 Å². The zero-order valence-corrected chi connectivity index (χ0v) is 17.5. The summed E-state index contributed by atoms with van der Waals surface area (Å²) >= 11 is 0. The lowest BCUT2D eigenvalue weighted by Crippen LogP contribution is -2.38. The molecule has 0 saturated carbocycles. The first kappa shape index (κ1) is 20.6. The number of aliphatic imine (C=N–C) groups is 1. The highest BCUT2D eigenvalue weighted by Crippen LogP contribution is 2.18. The maximum absolute atomic E-state index is 4.74. The van der Waals surface area contributed by atoms with Crippen LogP contribution in [0.3, 0.4) is 0 Å². The number of aryl methyl sites for hydroxylation is 3. The molecule has 1 aromatic carbocycles.